The lowest BCUT2D eigenvalue weighted by Crippen LogP contribution is -1.97. The van der Waals surface area contributed by atoms with E-state index in [1.54, 1.807) is 0 Å². The average Bonchev–Trinajstić information content (AvgIpc) is 3.05. The van der Waals surface area contributed by atoms with Gasteiger partial charge in [-0.05, 0) is 25.7 Å². The van der Waals surface area contributed by atoms with Crippen molar-refractivity contribution in [1.29, 1.82) is 0 Å². The normalized spacial score (nSPS) is 23.6. The molecule has 1 aliphatic rings. The van der Waals surface area contributed by atoms with Gasteiger partial charge in [-0.2, -0.15) is 0 Å². The van der Waals surface area contributed by atoms with E-state index in [-0.39, 0.29) is 25.2 Å². The van der Waals surface area contributed by atoms with Gasteiger partial charge in [0.2, 0.25) is 0 Å². The summed E-state index contributed by atoms with van der Waals surface area (Å²) in [7, 11) is 0. The van der Waals surface area contributed by atoms with Crippen molar-refractivity contribution in [1.82, 2.24) is 0 Å². The Morgan fingerprint density at radius 1 is 1.18 bits per heavy atom. The molecule has 1 saturated heterocycles. The minimum atomic E-state index is -0.735. The van der Waals surface area contributed by atoms with E-state index in [2.05, 4.69) is 12.2 Å². The van der Waals surface area contributed by atoms with Gasteiger partial charge in [0.15, 0.2) is 0 Å². The summed E-state index contributed by atoms with van der Waals surface area (Å²) in [6.45, 7) is 0.113. The molecule has 0 saturated carbocycles. The minimum Gasteiger partial charge on any atom is -0.481 e. The smallest absolute Gasteiger partial charge is 0.303 e. The molecule has 2 N–H and O–H groups in total. The summed E-state index contributed by atoms with van der Waals surface area (Å²) in [6.07, 6.45) is 11.9. The third-order valence-corrected chi connectivity index (χ3v) is 2.60. The predicted molar refractivity (Wildman–Crippen MR) is 64.7 cm³/mol. The van der Waals surface area contributed by atoms with Crippen LogP contribution >= 0.6 is 0 Å². The zero-order valence-electron chi connectivity index (χ0n) is 9.92. The maximum atomic E-state index is 10.2. The van der Waals surface area contributed by atoms with E-state index in [9.17, 15) is 4.79 Å². The number of hydrogen-bond acceptors (Lipinski definition) is 3. The van der Waals surface area contributed by atoms with E-state index in [4.69, 9.17) is 14.9 Å². The van der Waals surface area contributed by atoms with E-state index in [0.29, 0.717) is 6.42 Å². The predicted octanol–water partition coefficient (Wildman–Crippen LogP) is 1.89. The SMILES string of the molecule is O=C(O)CCC/C=C\C/C=C/C[C@H]1O[C@@H]1CO. The van der Waals surface area contributed by atoms with Gasteiger partial charge in [0.25, 0.3) is 0 Å². The first kappa shape index (κ1) is 13.9. The number of rotatable bonds is 9. The Balaban J connectivity index is 1.91. The van der Waals surface area contributed by atoms with Gasteiger partial charge in [0.05, 0.1) is 12.7 Å². The van der Waals surface area contributed by atoms with Crippen LogP contribution in [-0.2, 0) is 9.53 Å². The van der Waals surface area contributed by atoms with Crippen LogP contribution in [0.4, 0.5) is 0 Å². The molecule has 1 rings (SSSR count). The number of aliphatic carboxylic acids is 1. The summed E-state index contributed by atoms with van der Waals surface area (Å²) in [5.41, 5.74) is 0. The van der Waals surface area contributed by atoms with Crippen LogP contribution < -0.4 is 0 Å². The number of carboxylic acid groups (broad SMARTS) is 1. The molecule has 2 atom stereocenters. The number of unbranched alkanes of at least 4 members (excludes halogenated alkanes) is 1. The number of allylic oxidation sites excluding steroid dienone is 3. The standard InChI is InChI=1S/C13H20O4/c14-10-12-11(17-12)8-6-4-2-1-3-5-7-9-13(15)16/h1,3-4,6,11-12,14H,2,5,7-10H2,(H,15,16)/b3-1-,6-4+/t11-,12-/m1/s1. The fourth-order valence-electron chi connectivity index (χ4n) is 1.54. The molecule has 0 spiro atoms. The molecule has 0 aliphatic carbocycles. The molecule has 17 heavy (non-hydrogen) atoms. The zero-order valence-corrected chi connectivity index (χ0v) is 9.92. The van der Waals surface area contributed by atoms with Crippen molar-refractivity contribution in [2.45, 2.75) is 44.3 Å². The number of aliphatic hydroxyl groups excluding tert-OH is 1. The maximum Gasteiger partial charge on any atom is 0.303 e. The summed E-state index contributed by atoms with van der Waals surface area (Å²) in [4.78, 5) is 10.2. The molecule has 0 radical (unpaired) electrons. The third-order valence-electron chi connectivity index (χ3n) is 2.60. The topological polar surface area (TPSA) is 70.1 Å². The Hall–Kier alpha value is -1.13. The second-order valence-corrected chi connectivity index (χ2v) is 4.10. The number of hydrogen-bond donors (Lipinski definition) is 2. The second-order valence-electron chi connectivity index (χ2n) is 4.10. The number of epoxide rings is 1. The molecular formula is C13H20O4. The number of aliphatic hydroxyl groups is 1. The van der Waals surface area contributed by atoms with E-state index in [1.165, 1.54) is 0 Å². The molecule has 0 aromatic carbocycles. The fraction of sp³-hybridized carbons (Fsp3) is 0.615. The van der Waals surface area contributed by atoms with Crippen LogP contribution in [0.5, 0.6) is 0 Å². The number of carbonyl (C=O) groups is 1. The van der Waals surface area contributed by atoms with E-state index in [1.807, 2.05) is 12.2 Å². The Labute approximate surface area is 102 Å². The lowest BCUT2D eigenvalue weighted by molar-refractivity contribution is -0.137. The lowest BCUT2D eigenvalue weighted by atomic mass is 10.2. The first-order valence-corrected chi connectivity index (χ1v) is 6.02. The van der Waals surface area contributed by atoms with Gasteiger partial charge >= 0.3 is 5.97 Å². The zero-order chi connectivity index (χ0) is 12.5. The molecule has 0 unspecified atom stereocenters. The van der Waals surface area contributed by atoms with Crippen LogP contribution in [0.1, 0.15) is 32.1 Å². The van der Waals surface area contributed by atoms with Gasteiger partial charge in [-0.25, -0.2) is 0 Å². The van der Waals surface area contributed by atoms with Gasteiger partial charge in [-0.15, -0.1) is 0 Å². The van der Waals surface area contributed by atoms with Crippen LogP contribution in [-0.4, -0.2) is 35.0 Å². The van der Waals surface area contributed by atoms with Crippen LogP contribution in [0.3, 0.4) is 0 Å². The number of ether oxygens (including phenoxy) is 1. The molecular weight excluding hydrogens is 220 g/mol. The highest BCUT2D eigenvalue weighted by Crippen LogP contribution is 2.24. The Kier molecular flexibility index (Phi) is 6.58. The minimum absolute atomic E-state index is 0.0474. The first-order chi connectivity index (χ1) is 8.24. The van der Waals surface area contributed by atoms with Crippen molar-refractivity contribution in [2.75, 3.05) is 6.61 Å². The Morgan fingerprint density at radius 2 is 1.94 bits per heavy atom. The van der Waals surface area contributed by atoms with Crippen LogP contribution in [0, 0.1) is 0 Å². The molecule has 0 bridgehead atoms. The Morgan fingerprint density at radius 3 is 2.59 bits per heavy atom. The van der Waals surface area contributed by atoms with E-state index < -0.39 is 5.97 Å². The van der Waals surface area contributed by atoms with Gasteiger partial charge in [-0.1, -0.05) is 24.3 Å². The first-order valence-electron chi connectivity index (χ1n) is 6.02. The van der Waals surface area contributed by atoms with Crippen molar-refractivity contribution in [3.8, 4) is 0 Å². The van der Waals surface area contributed by atoms with Crippen LogP contribution in [0.2, 0.25) is 0 Å². The quantitative estimate of drug-likeness (QED) is 0.367. The maximum absolute atomic E-state index is 10.2. The fourth-order valence-corrected chi connectivity index (χ4v) is 1.54. The van der Waals surface area contributed by atoms with Crippen molar-refractivity contribution in [2.24, 2.45) is 0 Å². The molecule has 1 fully saturated rings. The number of carboxylic acids is 1. The molecule has 4 heteroatoms. The summed E-state index contributed by atoms with van der Waals surface area (Å²) < 4.78 is 5.17. The van der Waals surface area contributed by atoms with Crippen LogP contribution in [0.25, 0.3) is 0 Å². The highest BCUT2D eigenvalue weighted by molar-refractivity contribution is 5.66. The highest BCUT2D eigenvalue weighted by Gasteiger charge is 2.36. The largest absolute Gasteiger partial charge is 0.481 e. The Bertz CT molecular complexity index is 283. The van der Waals surface area contributed by atoms with Crippen molar-refractivity contribution < 1.29 is 19.7 Å². The molecule has 1 heterocycles. The molecule has 1 aliphatic heterocycles. The monoisotopic (exact) mass is 240 g/mol. The summed E-state index contributed by atoms with van der Waals surface area (Å²) in [5, 5.41) is 17.2. The summed E-state index contributed by atoms with van der Waals surface area (Å²) >= 11 is 0. The van der Waals surface area contributed by atoms with Crippen molar-refractivity contribution >= 4 is 5.97 Å². The van der Waals surface area contributed by atoms with Gasteiger partial charge in [-0.3, -0.25) is 4.79 Å². The third kappa shape index (κ3) is 6.92. The van der Waals surface area contributed by atoms with E-state index >= 15 is 0 Å². The van der Waals surface area contributed by atoms with Crippen molar-refractivity contribution in [3.05, 3.63) is 24.3 Å². The molecule has 4 nitrogen and oxygen atoms in total. The van der Waals surface area contributed by atoms with Crippen molar-refractivity contribution in [3.63, 3.8) is 0 Å². The lowest BCUT2D eigenvalue weighted by Gasteiger charge is -1.90. The second kappa shape index (κ2) is 8.03. The van der Waals surface area contributed by atoms with E-state index in [0.717, 1.165) is 19.3 Å². The van der Waals surface area contributed by atoms with Gasteiger partial charge < -0.3 is 14.9 Å². The average molecular weight is 240 g/mol. The van der Waals surface area contributed by atoms with Crippen LogP contribution in [0.15, 0.2) is 24.3 Å². The molecule has 0 amide bonds. The molecule has 0 aromatic rings. The van der Waals surface area contributed by atoms with Gasteiger partial charge in [0.1, 0.15) is 6.10 Å². The molecule has 96 valence electrons. The summed E-state index contributed by atoms with van der Waals surface area (Å²) in [5.74, 6) is -0.735. The molecule has 0 aromatic heterocycles. The highest BCUT2D eigenvalue weighted by atomic mass is 16.6. The summed E-state index contributed by atoms with van der Waals surface area (Å²) in [6, 6.07) is 0. The van der Waals surface area contributed by atoms with Gasteiger partial charge in [0, 0.05) is 6.42 Å².